The zero-order chi connectivity index (χ0) is 25.9. The second kappa shape index (κ2) is 10.4. The van der Waals surface area contributed by atoms with Crippen molar-refractivity contribution in [3.63, 3.8) is 0 Å². The molecule has 0 spiro atoms. The zero-order valence-corrected chi connectivity index (χ0v) is 21.2. The largest absolute Gasteiger partial charge is 0.489 e. The lowest BCUT2D eigenvalue weighted by molar-refractivity contribution is 0.306. The van der Waals surface area contributed by atoms with Crippen LogP contribution in [-0.4, -0.2) is 31.4 Å². The lowest BCUT2D eigenvalue weighted by Crippen LogP contribution is -1.99. The van der Waals surface area contributed by atoms with Crippen molar-refractivity contribution in [2.45, 2.75) is 11.8 Å². The van der Waals surface area contributed by atoms with Gasteiger partial charge in [-0.3, -0.25) is 5.10 Å². The minimum absolute atomic E-state index is 0.309. The van der Waals surface area contributed by atoms with Crippen molar-refractivity contribution >= 4 is 22.8 Å². The Hall–Kier alpha value is -4.56. The third-order valence-corrected chi connectivity index (χ3v) is 6.74. The van der Waals surface area contributed by atoms with Gasteiger partial charge in [0.05, 0.1) is 17.6 Å². The lowest BCUT2D eigenvalue weighted by atomic mass is 9.91. The van der Waals surface area contributed by atoms with Crippen molar-refractivity contribution in [2.24, 2.45) is 0 Å². The number of aromatic amines is 1. The monoisotopic (exact) mass is 519 g/mol. The molecule has 8 heteroatoms. The molecule has 0 aliphatic rings. The average Bonchev–Trinajstić information content (AvgIpc) is 3.45. The van der Waals surface area contributed by atoms with E-state index in [1.807, 2.05) is 66.9 Å². The topological polar surface area (TPSA) is 76.6 Å². The first-order valence-electron chi connectivity index (χ1n) is 12.0. The summed E-state index contributed by atoms with van der Waals surface area (Å²) in [4.78, 5) is 14.1. The number of hydrogen-bond donors (Lipinski definition) is 1. The molecule has 0 bridgehead atoms. The third kappa shape index (κ3) is 4.73. The lowest BCUT2D eigenvalue weighted by Gasteiger charge is -2.16. The van der Waals surface area contributed by atoms with E-state index in [1.165, 1.54) is 23.9 Å². The van der Waals surface area contributed by atoms with Crippen LogP contribution in [0.1, 0.15) is 5.56 Å². The smallest absolute Gasteiger partial charge is 0.187 e. The number of fused-ring (bicyclic) bond motifs is 1. The number of thioether (sulfide) groups is 1. The number of pyridine rings is 1. The first-order valence-corrected chi connectivity index (χ1v) is 13.2. The summed E-state index contributed by atoms with van der Waals surface area (Å²) in [5.41, 5.74) is 6.59. The molecular formula is C30H22FN5OS. The highest BCUT2D eigenvalue weighted by molar-refractivity contribution is 7.98. The second-order valence-corrected chi connectivity index (χ2v) is 9.35. The molecule has 0 aliphatic heterocycles. The Morgan fingerprint density at radius 3 is 2.37 bits per heavy atom. The van der Waals surface area contributed by atoms with Gasteiger partial charge >= 0.3 is 0 Å². The highest BCUT2D eigenvalue weighted by Gasteiger charge is 2.22. The van der Waals surface area contributed by atoms with Crippen LogP contribution in [0.2, 0.25) is 0 Å². The molecule has 6 aromatic rings. The quantitative estimate of drug-likeness (QED) is 0.178. The molecule has 186 valence electrons. The normalized spacial score (nSPS) is 11.1. The van der Waals surface area contributed by atoms with E-state index in [0.717, 1.165) is 44.6 Å². The number of nitrogens with zero attached hydrogens (tertiary/aromatic N) is 4. The maximum Gasteiger partial charge on any atom is 0.187 e. The fourth-order valence-electron chi connectivity index (χ4n) is 4.37. The first-order chi connectivity index (χ1) is 18.7. The molecule has 3 aromatic carbocycles. The highest BCUT2D eigenvalue weighted by atomic mass is 32.2. The van der Waals surface area contributed by atoms with E-state index in [4.69, 9.17) is 14.7 Å². The molecule has 6 rings (SSSR count). The van der Waals surface area contributed by atoms with E-state index >= 15 is 0 Å². The molecular weight excluding hydrogens is 497 g/mol. The van der Waals surface area contributed by atoms with E-state index in [0.29, 0.717) is 23.1 Å². The van der Waals surface area contributed by atoms with Gasteiger partial charge in [0.25, 0.3) is 0 Å². The molecule has 0 saturated heterocycles. The first kappa shape index (κ1) is 23.8. The fraction of sp³-hybridized carbons (Fsp3) is 0.0667. The van der Waals surface area contributed by atoms with Crippen LogP contribution >= 0.6 is 11.8 Å². The Bertz CT molecular complexity index is 1700. The van der Waals surface area contributed by atoms with Crippen molar-refractivity contribution in [3.8, 4) is 39.4 Å². The summed E-state index contributed by atoms with van der Waals surface area (Å²) in [5.74, 6) is 0.457. The van der Waals surface area contributed by atoms with Crippen LogP contribution < -0.4 is 4.74 Å². The molecule has 0 unspecified atom stereocenters. The molecule has 0 amide bonds. The number of halogens is 1. The molecule has 0 saturated carbocycles. The van der Waals surface area contributed by atoms with E-state index in [2.05, 4.69) is 15.2 Å². The molecule has 1 N–H and O–H groups in total. The van der Waals surface area contributed by atoms with E-state index < -0.39 is 0 Å². The minimum Gasteiger partial charge on any atom is -0.489 e. The van der Waals surface area contributed by atoms with Gasteiger partial charge in [-0.1, -0.05) is 54.2 Å². The molecule has 3 heterocycles. The van der Waals surface area contributed by atoms with Gasteiger partial charge in [0.1, 0.15) is 18.2 Å². The van der Waals surface area contributed by atoms with Crippen LogP contribution in [0.4, 0.5) is 4.39 Å². The third-order valence-electron chi connectivity index (χ3n) is 6.18. The summed E-state index contributed by atoms with van der Waals surface area (Å²) in [6, 6.07) is 26.2. The number of rotatable bonds is 7. The van der Waals surface area contributed by atoms with E-state index in [9.17, 15) is 4.39 Å². The Morgan fingerprint density at radius 2 is 1.61 bits per heavy atom. The van der Waals surface area contributed by atoms with Crippen molar-refractivity contribution < 1.29 is 9.13 Å². The Morgan fingerprint density at radius 1 is 0.842 bits per heavy atom. The van der Waals surface area contributed by atoms with Crippen molar-refractivity contribution in [2.75, 3.05) is 6.26 Å². The Kier molecular flexibility index (Phi) is 6.54. The number of nitrogens with one attached hydrogen (secondary N) is 1. The highest BCUT2D eigenvalue weighted by Crippen LogP contribution is 2.42. The van der Waals surface area contributed by atoms with Gasteiger partial charge in [-0.25, -0.2) is 19.3 Å². The van der Waals surface area contributed by atoms with Crippen LogP contribution in [0.15, 0.2) is 102 Å². The van der Waals surface area contributed by atoms with Gasteiger partial charge in [-0.2, -0.15) is 5.10 Å². The zero-order valence-electron chi connectivity index (χ0n) is 20.4. The van der Waals surface area contributed by atoms with Crippen LogP contribution in [-0.2, 0) is 6.61 Å². The Labute approximate surface area is 223 Å². The Balaban J connectivity index is 1.51. The summed E-state index contributed by atoms with van der Waals surface area (Å²) >= 11 is 1.47. The number of H-pyrrole nitrogens is 1. The SMILES string of the molecule is CSc1nccc(-c2c(-c3ccc(F)cc3)nc3[nH]ncc3c2-c2ccc(OCc3ccccc3)cc2)n1. The second-order valence-electron chi connectivity index (χ2n) is 8.58. The van der Waals surface area contributed by atoms with Crippen LogP contribution in [0.3, 0.4) is 0 Å². The van der Waals surface area contributed by atoms with Crippen molar-refractivity contribution in [1.82, 2.24) is 25.1 Å². The molecule has 38 heavy (non-hydrogen) atoms. The number of ether oxygens (including phenoxy) is 1. The predicted octanol–water partition coefficient (Wildman–Crippen LogP) is 7.19. The van der Waals surface area contributed by atoms with E-state index in [-0.39, 0.29) is 5.82 Å². The number of benzene rings is 3. The van der Waals surface area contributed by atoms with Gasteiger partial charge in [-0.15, -0.1) is 0 Å². The maximum atomic E-state index is 13.8. The maximum absolute atomic E-state index is 13.8. The summed E-state index contributed by atoms with van der Waals surface area (Å²) in [7, 11) is 0. The molecule has 0 radical (unpaired) electrons. The van der Waals surface area contributed by atoms with Gasteiger partial charge in [0.2, 0.25) is 0 Å². The summed E-state index contributed by atoms with van der Waals surface area (Å²) in [6.07, 6.45) is 5.45. The van der Waals surface area contributed by atoms with Crippen LogP contribution in [0.25, 0.3) is 44.7 Å². The summed E-state index contributed by atoms with van der Waals surface area (Å²) in [5, 5.41) is 8.79. The molecule has 0 aliphatic carbocycles. The average molecular weight is 520 g/mol. The van der Waals surface area contributed by atoms with Gasteiger partial charge in [0.15, 0.2) is 10.8 Å². The van der Waals surface area contributed by atoms with Gasteiger partial charge in [-0.05, 0) is 59.8 Å². The molecule has 0 atom stereocenters. The fourth-order valence-corrected chi connectivity index (χ4v) is 4.73. The predicted molar refractivity (Wildman–Crippen MR) is 148 cm³/mol. The molecule has 0 fully saturated rings. The van der Waals surface area contributed by atoms with E-state index in [1.54, 1.807) is 24.5 Å². The summed E-state index contributed by atoms with van der Waals surface area (Å²) < 4.78 is 19.8. The number of aromatic nitrogens is 5. The molecule has 3 aromatic heterocycles. The standard InChI is InChI=1S/C30H22FN5OS/c1-38-30-32-16-15-25(34-30)27-26(20-9-13-23(14-10-20)37-18-19-5-3-2-4-6-19)24-17-33-36-29(24)35-28(27)21-7-11-22(31)12-8-21/h2-17H,18H2,1H3,(H,33,35,36). The minimum atomic E-state index is -0.309. The van der Waals surface area contributed by atoms with Crippen molar-refractivity contribution in [3.05, 3.63) is 109 Å². The van der Waals surface area contributed by atoms with Gasteiger partial charge in [0, 0.05) is 28.3 Å². The van der Waals surface area contributed by atoms with Crippen molar-refractivity contribution in [1.29, 1.82) is 0 Å². The van der Waals surface area contributed by atoms with Gasteiger partial charge < -0.3 is 4.74 Å². The van der Waals surface area contributed by atoms with Crippen LogP contribution in [0, 0.1) is 5.82 Å². The van der Waals surface area contributed by atoms with Crippen LogP contribution in [0.5, 0.6) is 5.75 Å². The number of hydrogen-bond acceptors (Lipinski definition) is 6. The summed E-state index contributed by atoms with van der Waals surface area (Å²) in [6.45, 7) is 0.486. The molecule has 6 nitrogen and oxygen atoms in total.